The van der Waals surface area contributed by atoms with Gasteiger partial charge < -0.3 is 4.90 Å². The van der Waals surface area contributed by atoms with Crippen LogP contribution in [0.5, 0.6) is 0 Å². The number of carbonyl (C=O) groups is 1. The molecule has 0 aromatic carbocycles. The third-order valence-electron chi connectivity index (χ3n) is 3.56. The number of amides is 1. The lowest BCUT2D eigenvalue weighted by Crippen LogP contribution is -2.58. The van der Waals surface area contributed by atoms with Crippen molar-refractivity contribution in [2.45, 2.75) is 44.8 Å². The van der Waals surface area contributed by atoms with Gasteiger partial charge in [0, 0.05) is 18.6 Å². The molecule has 13 heavy (non-hydrogen) atoms. The van der Waals surface area contributed by atoms with Gasteiger partial charge in [0.15, 0.2) is 0 Å². The zero-order chi connectivity index (χ0) is 9.59. The van der Waals surface area contributed by atoms with Crippen LogP contribution in [-0.4, -0.2) is 47.4 Å². The number of fused-ring (bicyclic) bond motifs is 1. The van der Waals surface area contributed by atoms with Gasteiger partial charge in [0.05, 0.1) is 6.04 Å². The van der Waals surface area contributed by atoms with E-state index in [1.54, 1.807) is 0 Å². The van der Waals surface area contributed by atoms with E-state index in [0.717, 1.165) is 6.54 Å². The highest BCUT2D eigenvalue weighted by atomic mass is 16.2. The molecule has 1 amide bonds. The number of hydrogen-bond acceptors (Lipinski definition) is 2. The molecule has 2 rings (SSSR count). The smallest absolute Gasteiger partial charge is 0.240 e. The van der Waals surface area contributed by atoms with E-state index in [1.165, 1.54) is 12.8 Å². The molecule has 2 aliphatic rings. The average molecular weight is 182 g/mol. The highest BCUT2D eigenvalue weighted by Crippen LogP contribution is 2.29. The Morgan fingerprint density at radius 1 is 1.31 bits per heavy atom. The molecule has 0 aromatic rings. The van der Waals surface area contributed by atoms with Gasteiger partial charge in [-0.05, 0) is 33.7 Å². The van der Waals surface area contributed by atoms with Crippen molar-refractivity contribution in [1.82, 2.24) is 9.80 Å². The molecule has 3 unspecified atom stereocenters. The van der Waals surface area contributed by atoms with Gasteiger partial charge in [-0.2, -0.15) is 0 Å². The first-order chi connectivity index (χ1) is 6.11. The van der Waals surface area contributed by atoms with Crippen LogP contribution in [0.2, 0.25) is 0 Å². The van der Waals surface area contributed by atoms with E-state index in [-0.39, 0.29) is 6.04 Å². The molecule has 0 saturated carbocycles. The fraction of sp³-hybridized carbons (Fsp3) is 0.900. The molecule has 0 radical (unpaired) electrons. The molecule has 0 spiro atoms. The highest BCUT2D eigenvalue weighted by molar-refractivity contribution is 5.83. The number of nitrogens with zero attached hydrogens (tertiary/aromatic N) is 2. The maximum Gasteiger partial charge on any atom is 0.240 e. The van der Waals surface area contributed by atoms with E-state index >= 15 is 0 Å². The molecule has 2 heterocycles. The van der Waals surface area contributed by atoms with Crippen LogP contribution in [0.15, 0.2) is 0 Å². The number of carbonyl (C=O) groups excluding carboxylic acids is 1. The fourth-order valence-corrected chi connectivity index (χ4v) is 2.54. The lowest BCUT2D eigenvalue weighted by atomic mass is 10.1. The van der Waals surface area contributed by atoms with Crippen molar-refractivity contribution in [1.29, 1.82) is 0 Å². The average Bonchev–Trinajstić information content (AvgIpc) is 2.43. The van der Waals surface area contributed by atoms with Crippen molar-refractivity contribution in [2.75, 3.05) is 13.6 Å². The largest absolute Gasteiger partial charge is 0.334 e. The minimum atomic E-state index is 0.0804. The van der Waals surface area contributed by atoms with Crippen LogP contribution >= 0.6 is 0 Å². The summed E-state index contributed by atoms with van der Waals surface area (Å²) in [5, 5.41) is 0. The Morgan fingerprint density at radius 2 is 2.00 bits per heavy atom. The molecule has 2 fully saturated rings. The van der Waals surface area contributed by atoms with E-state index < -0.39 is 0 Å². The van der Waals surface area contributed by atoms with Crippen LogP contribution < -0.4 is 0 Å². The van der Waals surface area contributed by atoms with Crippen molar-refractivity contribution in [3.05, 3.63) is 0 Å². The Hall–Kier alpha value is -0.570. The normalized spacial score (nSPS) is 41.0. The monoisotopic (exact) mass is 182 g/mol. The Kier molecular flexibility index (Phi) is 2.06. The van der Waals surface area contributed by atoms with Crippen molar-refractivity contribution in [3.63, 3.8) is 0 Å². The number of likely N-dealkylation sites (N-methyl/N-ethyl adjacent to an activating group) is 1. The van der Waals surface area contributed by atoms with Crippen LogP contribution in [0.4, 0.5) is 0 Å². The van der Waals surface area contributed by atoms with Crippen molar-refractivity contribution in [3.8, 4) is 0 Å². The van der Waals surface area contributed by atoms with Crippen molar-refractivity contribution in [2.24, 2.45) is 0 Å². The highest BCUT2D eigenvalue weighted by Gasteiger charge is 2.41. The first-order valence-corrected chi connectivity index (χ1v) is 5.13. The molecule has 2 saturated heterocycles. The van der Waals surface area contributed by atoms with Crippen molar-refractivity contribution >= 4 is 5.91 Å². The first kappa shape index (κ1) is 9.00. The molecular weight excluding hydrogens is 164 g/mol. The maximum atomic E-state index is 11.9. The summed E-state index contributed by atoms with van der Waals surface area (Å²) in [5.41, 5.74) is 0. The number of piperazine rings is 1. The maximum absolute atomic E-state index is 11.9. The van der Waals surface area contributed by atoms with Gasteiger partial charge in [-0.3, -0.25) is 9.69 Å². The summed E-state index contributed by atoms with van der Waals surface area (Å²) in [6.45, 7) is 5.22. The zero-order valence-corrected chi connectivity index (χ0v) is 8.66. The predicted octanol–water partition coefficient (Wildman–Crippen LogP) is 0.700. The Balaban J connectivity index is 2.20. The molecule has 74 valence electrons. The number of hydrogen-bond donors (Lipinski definition) is 0. The van der Waals surface area contributed by atoms with Gasteiger partial charge in [0.1, 0.15) is 0 Å². The van der Waals surface area contributed by atoms with Crippen LogP contribution in [0.3, 0.4) is 0 Å². The Bertz CT molecular complexity index is 229. The molecule has 0 aromatic heterocycles. The van der Waals surface area contributed by atoms with Crippen molar-refractivity contribution < 1.29 is 4.79 Å². The summed E-state index contributed by atoms with van der Waals surface area (Å²) >= 11 is 0. The molecule has 3 heteroatoms. The minimum Gasteiger partial charge on any atom is -0.334 e. The van der Waals surface area contributed by atoms with Gasteiger partial charge in [0.25, 0.3) is 0 Å². The Labute approximate surface area is 79.7 Å². The molecule has 0 bridgehead atoms. The second-order valence-corrected chi connectivity index (χ2v) is 4.44. The fourth-order valence-electron chi connectivity index (χ4n) is 2.54. The molecule has 2 aliphatic heterocycles. The summed E-state index contributed by atoms with van der Waals surface area (Å²) in [6, 6.07) is 1.04. The van der Waals surface area contributed by atoms with E-state index in [9.17, 15) is 4.79 Å². The Morgan fingerprint density at radius 3 is 2.69 bits per heavy atom. The lowest BCUT2D eigenvalue weighted by molar-refractivity contribution is -0.143. The second kappa shape index (κ2) is 2.98. The minimum absolute atomic E-state index is 0.0804. The topological polar surface area (TPSA) is 23.6 Å². The SMILES string of the molecule is CC1C(=O)N2C(C)CCC2CN1C. The first-order valence-electron chi connectivity index (χ1n) is 5.13. The summed E-state index contributed by atoms with van der Waals surface area (Å²) in [7, 11) is 2.04. The predicted molar refractivity (Wildman–Crippen MR) is 51.4 cm³/mol. The summed E-state index contributed by atoms with van der Waals surface area (Å²) < 4.78 is 0. The van der Waals surface area contributed by atoms with Crippen LogP contribution in [-0.2, 0) is 4.79 Å². The molecule has 0 aliphatic carbocycles. The van der Waals surface area contributed by atoms with E-state index in [4.69, 9.17) is 0 Å². The number of rotatable bonds is 0. The van der Waals surface area contributed by atoms with Crippen LogP contribution in [0.1, 0.15) is 26.7 Å². The molecular formula is C10H18N2O. The van der Waals surface area contributed by atoms with Gasteiger partial charge in [-0.25, -0.2) is 0 Å². The van der Waals surface area contributed by atoms with Gasteiger partial charge in [-0.15, -0.1) is 0 Å². The van der Waals surface area contributed by atoms with Crippen LogP contribution in [0, 0.1) is 0 Å². The standard InChI is InChI=1S/C10H18N2O/c1-7-4-5-9-6-11(3)8(2)10(13)12(7)9/h7-9H,4-6H2,1-3H3. The third-order valence-corrected chi connectivity index (χ3v) is 3.56. The summed E-state index contributed by atoms with van der Waals surface area (Å²) in [4.78, 5) is 16.2. The second-order valence-electron chi connectivity index (χ2n) is 4.44. The van der Waals surface area contributed by atoms with E-state index in [0.29, 0.717) is 18.0 Å². The van der Waals surface area contributed by atoms with Gasteiger partial charge >= 0.3 is 0 Å². The molecule has 0 N–H and O–H groups in total. The van der Waals surface area contributed by atoms with Gasteiger partial charge in [0.2, 0.25) is 5.91 Å². The zero-order valence-electron chi connectivity index (χ0n) is 8.66. The third kappa shape index (κ3) is 1.26. The lowest BCUT2D eigenvalue weighted by Gasteiger charge is -2.41. The quantitative estimate of drug-likeness (QED) is 0.550. The summed E-state index contributed by atoms with van der Waals surface area (Å²) in [5.74, 6) is 0.323. The molecule has 3 atom stereocenters. The molecule has 3 nitrogen and oxygen atoms in total. The van der Waals surface area contributed by atoms with Gasteiger partial charge in [-0.1, -0.05) is 0 Å². The van der Waals surface area contributed by atoms with Crippen LogP contribution in [0.25, 0.3) is 0 Å². The van der Waals surface area contributed by atoms with E-state index in [1.807, 2.05) is 14.0 Å². The van der Waals surface area contributed by atoms with E-state index in [2.05, 4.69) is 16.7 Å². The summed E-state index contributed by atoms with van der Waals surface area (Å²) in [6.07, 6.45) is 2.36.